The highest BCUT2D eigenvalue weighted by atomic mass is 32.2. The number of aromatic nitrogens is 1. The zero-order chi connectivity index (χ0) is 9.14. The van der Waals surface area contributed by atoms with E-state index < -0.39 is 0 Å². The molecule has 0 saturated carbocycles. The lowest BCUT2D eigenvalue weighted by atomic mass is 10.2. The van der Waals surface area contributed by atoms with E-state index in [1.54, 1.807) is 0 Å². The molecule has 0 aliphatic carbocycles. The van der Waals surface area contributed by atoms with Gasteiger partial charge in [-0.25, -0.2) is 0 Å². The van der Waals surface area contributed by atoms with E-state index >= 15 is 0 Å². The summed E-state index contributed by atoms with van der Waals surface area (Å²) in [5.74, 6) is 1.97. The topological polar surface area (TPSA) is 26.0 Å². The Labute approximate surface area is 77.7 Å². The van der Waals surface area contributed by atoms with Crippen molar-refractivity contribution in [2.75, 3.05) is 0 Å². The van der Waals surface area contributed by atoms with Crippen molar-refractivity contribution in [1.29, 1.82) is 0 Å². The number of rotatable bonds is 3. The summed E-state index contributed by atoms with van der Waals surface area (Å²) in [6, 6.07) is 0. The Bertz CT molecular complexity index is 236. The van der Waals surface area contributed by atoms with Crippen LogP contribution in [0.4, 0.5) is 0 Å². The second-order valence-electron chi connectivity index (χ2n) is 3.16. The molecular formula is C9H15NOS. The van der Waals surface area contributed by atoms with Crippen LogP contribution >= 0.6 is 11.8 Å². The van der Waals surface area contributed by atoms with E-state index in [2.05, 4.69) is 19.0 Å². The van der Waals surface area contributed by atoms with E-state index in [0.29, 0.717) is 5.25 Å². The van der Waals surface area contributed by atoms with Gasteiger partial charge in [0.25, 0.3) is 0 Å². The molecule has 0 aromatic carbocycles. The summed E-state index contributed by atoms with van der Waals surface area (Å²) in [4.78, 5) is 0. The van der Waals surface area contributed by atoms with Gasteiger partial charge >= 0.3 is 0 Å². The Morgan fingerprint density at radius 2 is 2.08 bits per heavy atom. The van der Waals surface area contributed by atoms with Crippen molar-refractivity contribution in [2.45, 2.75) is 38.7 Å². The first-order valence-electron chi connectivity index (χ1n) is 4.14. The zero-order valence-corrected chi connectivity index (χ0v) is 8.86. The van der Waals surface area contributed by atoms with Crippen molar-refractivity contribution in [3.05, 3.63) is 17.0 Å². The van der Waals surface area contributed by atoms with Crippen molar-refractivity contribution < 1.29 is 4.52 Å². The van der Waals surface area contributed by atoms with Gasteiger partial charge in [0.05, 0.1) is 5.69 Å². The van der Waals surface area contributed by atoms with Crippen LogP contribution in [0, 0.1) is 13.8 Å². The van der Waals surface area contributed by atoms with Crippen LogP contribution in [0.15, 0.2) is 4.52 Å². The Morgan fingerprint density at radius 1 is 1.42 bits per heavy atom. The van der Waals surface area contributed by atoms with Crippen LogP contribution in [-0.2, 0) is 5.75 Å². The molecule has 1 rings (SSSR count). The summed E-state index contributed by atoms with van der Waals surface area (Å²) < 4.78 is 5.06. The van der Waals surface area contributed by atoms with Crippen molar-refractivity contribution in [3.8, 4) is 0 Å². The van der Waals surface area contributed by atoms with Gasteiger partial charge < -0.3 is 4.52 Å². The quantitative estimate of drug-likeness (QED) is 0.724. The lowest BCUT2D eigenvalue weighted by Crippen LogP contribution is -1.90. The molecule has 0 aliphatic rings. The number of hydrogen-bond acceptors (Lipinski definition) is 3. The monoisotopic (exact) mass is 185 g/mol. The predicted molar refractivity (Wildman–Crippen MR) is 52.4 cm³/mol. The molecule has 0 atom stereocenters. The molecule has 1 aromatic heterocycles. The maximum atomic E-state index is 5.06. The van der Waals surface area contributed by atoms with Crippen LogP contribution in [0.2, 0.25) is 0 Å². The summed E-state index contributed by atoms with van der Waals surface area (Å²) in [5, 5.41) is 4.57. The fourth-order valence-corrected chi connectivity index (χ4v) is 1.87. The fraction of sp³-hybridized carbons (Fsp3) is 0.667. The van der Waals surface area contributed by atoms with Crippen molar-refractivity contribution in [2.24, 2.45) is 0 Å². The molecule has 2 nitrogen and oxygen atoms in total. The summed E-state index contributed by atoms with van der Waals surface area (Å²) in [6.07, 6.45) is 0. The number of aryl methyl sites for hydroxylation is 2. The lowest BCUT2D eigenvalue weighted by Gasteiger charge is -2.02. The summed E-state index contributed by atoms with van der Waals surface area (Å²) in [7, 11) is 0. The first-order chi connectivity index (χ1) is 5.61. The van der Waals surface area contributed by atoms with E-state index in [9.17, 15) is 0 Å². The van der Waals surface area contributed by atoms with Crippen molar-refractivity contribution in [3.63, 3.8) is 0 Å². The SMILES string of the molecule is Cc1noc(C)c1CSC(C)C. The fourth-order valence-electron chi connectivity index (χ4n) is 0.958. The molecule has 0 amide bonds. The molecule has 0 N–H and O–H groups in total. The molecule has 0 unspecified atom stereocenters. The molecule has 1 heterocycles. The average molecular weight is 185 g/mol. The Hall–Kier alpha value is -0.440. The van der Waals surface area contributed by atoms with Gasteiger partial charge in [0, 0.05) is 11.3 Å². The van der Waals surface area contributed by atoms with Crippen LogP contribution in [0.3, 0.4) is 0 Å². The highest BCUT2D eigenvalue weighted by Crippen LogP contribution is 2.21. The molecule has 12 heavy (non-hydrogen) atoms. The third-order valence-corrected chi connectivity index (χ3v) is 2.86. The van der Waals surface area contributed by atoms with E-state index in [4.69, 9.17) is 4.52 Å². The number of hydrogen-bond donors (Lipinski definition) is 0. The van der Waals surface area contributed by atoms with E-state index in [0.717, 1.165) is 17.2 Å². The zero-order valence-electron chi connectivity index (χ0n) is 8.05. The summed E-state index contributed by atoms with van der Waals surface area (Å²) >= 11 is 1.92. The molecule has 3 heteroatoms. The van der Waals surface area contributed by atoms with Gasteiger partial charge in [0.1, 0.15) is 5.76 Å². The normalized spacial score (nSPS) is 11.1. The van der Waals surface area contributed by atoms with Gasteiger partial charge in [-0.15, -0.1) is 0 Å². The van der Waals surface area contributed by atoms with Crippen molar-refractivity contribution >= 4 is 11.8 Å². The van der Waals surface area contributed by atoms with E-state index in [1.807, 2.05) is 25.6 Å². The molecular weight excluding hydrogens is 170 g/mol. The van der Waals surface area contributed by atoms with Crippen LogP contribution in [0.1, 0.15) is 30.9 Å². The third-order valence-electron chi connectivity index (χ3n) is 1.74. The molecule has 0 radical (unpaired) electrons. The minimum absolute atomic E-state index is 0.665. The van der Waals surface area contributed by atoms with Crippen LogP contribution < -0.4 is 0 Å². The molecule has 0 saturated heterocycles. The molecule has 68 valence electrons. The Kier molecular flexibility index (Phi) is 3.20. The first kappa shape index (κ1) is 9.65. The van der Waals surface area contributed by atoms with E-state index in [1.165, 1.54) is 5.56 Å². The molecule has 0 spiro atoms. The van der Waals surface area contributed by atoms with Gasteiger partial charge in [-0.1, -0.05) is 19.0 Å². The Balaban J connectivity index is 2.62. The second kappa shape index (κ2) is 3.99. The molecule has 0 fully saturated rings. The number of thioether (sulfide) groups is 1. The Morgan fingerprint density at radius 3 is 2.50 bits per heavy atom. The van der Waals surface area contributed by atoms with Gasteiger partial charge in [-0.3, -0.25) is 0 Å². The standard InChI is InChI=1S/C9H15NOS/c1-6(2)12-5-9-7(3)10-11-8(9)4/h6H,5H2,1-4H3. The number of nitrogens with zero attached hydrogens (tertiary/aromatic N) is 1. The molecule has 1 aromatic rings. The maximum Gasteiger partial charge on any atom is 0.137 e. The van der Waals surface area contributed by atoms with Gasteiger partial charge in [-0.05, 0) is 19.1 Å². The van der Waals surface area contributed by atoms with E-state index in [-0.39, 0.29) is 0 Å². The average Bonchev–Trinajstić information content (AvgIpc) is 2.28. The summed E-state index contributed by atoms with van der Waals surface area (Å²) in [6.45, 7) is 8.36. The van der Waals surface area contributed by atoms with Gasteiger partial charge in [0.2, 0.25) is 0 Å². The van der Waals surface area contributed by atoms with Crippen LogP contribution in [-0.4, -0.2) is 10.4 Å². The third kappa shape index (κ3) is 2.27. The predicted octanol–water partition coefficient (Wildman–Crippen LogP) is 2.93. The highest BCUT2D eigenvalue weighted by molar-refractivity contribution is 7.99. The maximum absolute atomic E-state index is 5.06. The minimum Gasteiger partial charge on any atom is -0.361 e. The lowest BCUT2D eigenvalue weighted by molar-refractivity contribution is 0.392. The molecule has 0 aliphatic heterocycles. The van der Waals surface area contributed by atoms with Gasteiger partial charge in [-0.2, -0.15) is 11.8 Å². The smallest absolute Gasteiger partial charge is 0.137 e. The van der Waals surface area contributed by atoms with Crippen LogP contribution in [0.25, 0.3) is 0 Å². The first-order valence-corrected chi connectivity index (χ1v) is 5.19. The minimum atomic E-state index is 0.665. The van der Waals surface area contributed by atoms with Gasteiger partial charge in [0.15, 0.2) is 0 Å². The summed E-state index contributed by atoms with van der Waals surface area (Å²) in [5.41, 5.74) is 2.29. The molecule has 0 bridgehead atoms. The van der Waals surface area contributed by atoms with Crippen molar-refractivity contribution in [1.82, 2.24) is 5.16 Å². The highest BCUT2D eigenvalue weighted by Gasteiger charge is 2.08. The van der Waals surface area contributed by atoms with Crippen LogP contribution in [0.5, 0.6) is 0 Å². The second-order valence-corrected chi connectivity index (χ2v) is 4.73. The largest absolute Gasteiger partial charge is 0.361 e.